The van der Waals surface area contributed by atoms with E-state index in [0.717, 1.165) is 12.1 Å². The summed E-state index contributed by atoms with van der Waals surface area (Å²) in [5.74, 6) is 0.832. The molecule has 0 unspecified atom stereocenters. The van der Waals surface area contributed by atoms with E-state index in [1.807, 2.05) is 6.07 Å². The number of nitrogens with one attached hydrogen (secondary N) is 1. The van der Waals surface area contributed by atoms with Crippen LogP contribution in [0.5, 0.6) is 5.75 Å². The van der Waals surface area contributed by atoms with Crippen LogP contribution in [0.4, 0.5) is 13.2 Å². The van der Waals surface area contributed by atoms with Crippen LogP contribution < -0.4 is 4.74 Å². The van der Waals surface area contributed by atoms with Gasteiger partial charge in [0.1, 0.15) is 17.6 Å². The number of ether oxygens (including phenoxy) is 1. The van der Waals surface area contributed by atoms with Gasteiger partial charge < -0.3 is 9.72 Å². The van der Waals surface area contributed by atoms with E-state index in [0.29, 0.717) is 22.7 Å². The number of halogens is 3. The monoisotopic (exact) mass is 381 g/mol. The first-order chi connectivity index (χ1) is 12.2. The van der Waals surface area contributed by atoms with Gasteiger partial charge in [0.05, 0.1) is 15.9 Å². The van der Waals surface area contributed by atoms with Crippen LogP contribution in [0.2, 0.25) is 0 Å². The van der Waals surface area contributed by atoms with E-state index in [4.69, 9.17) is 10.00 Å². The Morgan fingerprint density at radius 3 is 2.46 bits per heavy atom. The molecule has 0 spiro atoms. The molecule has 0 saturated carbocycles. The number of H-pyrrole nitrogens is 1. The van der Waals surface area contributed by atoms with Crippen LogP contribution in [0, 0.1) is 11.3 Å². The molecule has 0 atom stereocenters. The largest absolute Gasteiger partial charge is 0.501 e. The highest BCUT2D eigenvalue weighted by atomic mass is 32.2. The first-order valence-corrected chi connectivity index (χ1v) is 8.62. The molecular formula is C16H10F3N3O3S. The molecule has 0 amide bonds. The topological polar surface area (TPSA) is 95.8 Å². The van der Waals surface area contributed by atoms with E-state index in [-0.39, 0.29) is 12.1 Å². The Labute approximate surface area is 145 Å². The number of benzene rings is 2. The molecule has 0 radical (unpaired) electrons. The second-order valence-corrected chi connectivity index (χ2v) is 7.13. The standard InChI is InChI=1S/C16H10F3N3O3S/c17-16(18,19)26(23,24)12-5-6-13-14(9-12)22-15(21-13)10-1-3-11(4-2-10)25-8-7-20/h1-6,9H,8H2,(H,21,22). The van der Waals surface area contributed by atoms with Crippen LogP contribution in [-0.2, 0) is 9.84 Å². The van der Waals surface area contributed by atoms with Gasteiger partial charge in [0.2, 0.25) is 0 Å². The maximum atomic E-state index is 12.7. The minimum atomic E-state index is -5.43. The molecule has 3 aromatic rings. The summed E-state index contributed by atoms with van der Waals surface area (Å²) in [7, 11) is -5.43. The van der Waals surface area contributed by atoms with Gasteiger partial charge in [-0.15, -0.1) is 0 Å². The minimum Gasteiger partial charge on any atom is -0.479 e. The fourth-order valence-electron chi connectivity index (χ4n) is 2.25. The van der Waals surface area contributed by atoms with Crippen molar-refractivity contribution in [2.45, 2.75) is 10.4 Å². The first-order valence-electron chi connectivity index (χ1n) is 7.14. The van der Waals surface area contributed by atoms with Crippen LogP contribution in [0.3, 0.4) is 0 Å². The molecule has 0 saturated heterocycles. The van der Waals surface area contributed by atoms with E-state index < -0.39 is 20.2 Å². The van der Waals surface area contributed by atoms with E-state index in [9.17, 15) is 21.6 Å². The van der Waals surface area contributed by atoms with E-state index >= 15 is 0 Å². The second kappa shape index (κ2) is 6.34. The number of fused-ring (bicyclic) bond motifs is 1. The first kappa shape index (κ1) is 17.8. The Bertz CT molecular complexity index is 1100. The summed E-state index contributed by atoms with van der Waals surface area (Å²) < 4.78 is 66.1. The number of sulfone groups is 1. The third-order valence-electron chi connectivity index (χ3n) is 3.50. The maximum Gasteiger partial charge on any atom is 0.501 e. The van der Waals surface area contributed by atoms with Gasteiger partial charge in [0.15, 0.2) is 6.61 Å². The third-order valence-corrected chi connectivity index (χ3v) is 4.98. The van der Waals surface area contributed by atoms with Crippen LogP contribution in [0.25, 0.3) is 22.4 Å². The number of alkyl halides is 3. The maximum absolute atomic E-state index is 12.7. The van der Waals surface area contributed by atoms with Gasteiger partial charge in [-0.1, -0.05) is 0 Å². The van der Waals surface area contributed by atoms with Gasteiger partial charge in [-0.2, -0.15) is 18.4 Å². The Hall–Kier alpha value is -3.06. The summed E-state index contributed by atoms with van der Waals surface area (Å²) in [6.45, 7) is -0.0968. The number of nitriles is 1. The summed E-state index contributed by atoms with van der Waals surface area (Å²) in [4.78, 5) is 6.18. The zero-order chi connectivity index (χ0) is 18.9. The molecule has 0 fully saturated rings. The molecule has 6 nitrogen and oxygen atoms in total. The Morgan fingerprint density at radius 2 is 1.85 bits per heavy atom. The van der Waals surface area contributed by atoms with Crippen molar-refractivity contribution in [3.63, 3.8) is 0 Å². The second-order valence-electron chi connectivity index (χ2n) is 5.18. The van der Waals surface area contributed by atoms with Gasteiger partial charge in [-0.05, 0) is 42.5 Å². The van der Waals surface area contributed by atoms with Crippen LogP contribution >= 0.6 is 0 Å². The molecule has 0 aliphatic rings. The summed E-state index contributed by atoms with van der Waals surface area (Å²) in [6, 6.07) is 11.3. The molecule has 2 aromatic carbocycles. The Kier molecular flexibility index (Phi) is 4.33. The lowest BCUT2D eigenvalue weighted by atomic mass is 10.2. The van der Waals surface area contributed by atoms with Gasteiger partial charge in [-0.25, -0.2) is 13.4 Å². The summed E-state index contributed by atoms with van der Waals surface area (Å²) in [5.41, 5.74) is -4.27. The Morgan fingerprint density at radius 1 is 1.15 bits per heavy atom. The smallest absolute Gasteiger partial charge is 0.479 e. The fourth-order valence-corrected chi connectivity index (χ4v) is 3.04. The quantitative estimate of drug-likeness (QED) is 0.747. The van der Waals surface area contributed by atoms with Crippen molar-refractivity contribution in [1.82, 2.24) is 9.97 Å². The van der Waals surface area contributed by atoms with E-state index in [1.165, 1.54) is 6.07 Å². The number of imidazole rings is 1. The van der Waals surface area contributed by atoms with Crippen molar-refractivity contribution in [3.8, 4) is 23.2 Å². The third kappa shape index (κ3) is 3.21. The van der Waals surface area contributed by atoms with Gasteiger partial charge in [-0.3, -0.25) is 0 Å². The zero-order valence-corrected chi connectivity index (χ0v) is 13.7. The average Bonchev–Trinajstić information content (AvgIpc) is 3.02. The molecule has 1 heterocycles. The predicted molar refractivity (Wildman–Crippen MR) is 85.9 cm³/mol. The number of rotatable bonds is 4. The number of aromatic nitrogens is 2. The van der Waals surface area contributed by atoms with Gasteiger partial charge in [0, 0.05) is 5.56 Å². The highest BCUT2D eigenvalue weighted by molar-refractivity contribution is 7.92. The molecule has 3 rings (SSSR count). The van der Waals surface area contributed by atoms with Crippen LogP contribution in [0.1, 0.15) is 0 Å². The van der Waals surface area contributed by atoms with Crippen LogP contribution in [0.15, 0.2) is 47.4 Å². The molecule has 0 aliphatic heterocycles. The highest BCUT2D eigenvalue weighted by Crippen LogP contribution is 2.32. The highest BCUT2D eigenvalue weighted by Gasteiger charge is 2.46. The number of nitrogens with zero attached hydrogens (tertiary/aromatic N) is 2. The molecule has 1 N–H and O–H groups in total. The molecule has 0 aliphatic carbocycles. The van der Waals surface area contributed by atoms with Gasteiger partial charge >= 0.3 is 5.51 Å². The lowest BCUT2D eigenvalue weighted by Crippen LogP contribution is -2.23. The van der Waals surface area contributed by atoms with E-state index in [2.05, 4.69) is 9.97 Å². The zero-order valence-electron chi connectivity index (χ0n) is 12.9. The van der Waals surface area contributed by atoms with Crippen molar-refractivity contribution in [2.75, 3.05) is 6.61 Å². The summed E-state index contributed by atoms with van der Waals surface area (Å²) >= 11 is 0. The normalized spacial score (nSPS) is 12.1. The molecule has 0 bridgehead atoms. The minimum absolute atomic E-state index is 0.0968. The molecular weight excluding hydrogens is 371 g/mol. The fraction of sp³-hybridized carbons (Fsp3) is 0.125. The van der Waals surface area contributed by atoms with Crippen molar-refractivity contribution in [2.24, 2.45) is 0 Å². The number of aromatic amines is 1. The number of hydrogen-bond donors (Lipinski definition) is 1. The molecule has 10 heteroatoms. The lowest BCUT2D eigenvalue weighted by molar-refractivity contribution is -0.0435. The van der Waals surface area contributed by atoms with Crippen molar-refractivity contribution >= 4 is 20.9 Å². The van der Waals surface area contributed by atoms with Crippen molar-refractivity contribution < 1.29 is 26.3 Å². The van der Waals surface area contributed by atoms with Crippen molar-refractivity contribution in [3.05, 3.63) is 42.5 Å². The average molecular weight is 381 g/mol. The SMILES string of the molecule is N#CCOc1ccc(-c2nc3ccc(S(=O)(=O)C(F)(F)F)cc3[nH]2)cc1. The lowest BCUT2D eigenvalue weighted by Gasteiger charge is -2.07. The summed E-state index contributed by atoms with van der Waals surface area (Å²) in [6.07, 6.45) is 0. The molecule has 26 heavy (non-hydrogen) atoms. The molecule has 134 valence electrons. The van der Waals surface area contributed by atoms with Crippen molar-refractivity contribution in [1.29, 1.82) is 5.26 Å². The summed E-state index contributed by atoms with van der Waals surface area (Å²) in [5, 5.41) is 8.47. The van der Waals surface area contributed by atoms with Crippen LogP contribution in [-0.4, -0.2) is 30.5 Å². The van der Waals surface area contributed by atoms with E-state index in [1.54, 1.807) is 24.3 Å². The number of hydrogen-bond acceptors (Lipinski definition) is 5. The predicted octanol–water partition coefficient (Wildman–Crippen LogP) is 3.43. The van der Waals surface area contributed by atoms with Gasteiger partial charge in [0.25, 0.3) is 9.84 Å². The Balaban J connectivity index is 1.96. The molecule has 1 aromatic heterocycles.